The average Bonchev–Trinajstić information content (AvgIpc) is 2.94. The lowest BCUT2D eigenvalue weighted by molar-refractivity contribution is 0.165. The molecule has 0 N–H and O–H groups in total. The van der Waals surface area contributed by atoms with Gasteiger partial charge in [0.25, 0.3) is 0 Å². The van der Waals surface area contributed by atoms with E-state index in [2.05, 4.69) is 60.1 Å². The van der Waals surface area contributed by atoms with E-state index in [0.29, 0.717) is 0 Å². The van der Waals surface area contributed by atoms with E-state index in [4.69, 9.17) is 0 Å². The van der Waals surface area contributed by atoms with Crippen molar-refractivity contribution in [3.8, 4) is 5.69 Å². The summed E-state index contributed by atoms with van der Waals surface area (Å²) in [5, 5.41) is 9.67. The summed E-state index contributed by atoms with van der Waals surface area (Å²) in [6.45, 7) is 7.33. The SMILES string of the molecule is CN(Cc1cn(-c2cccc3cccnc23)nn1)C(C)(C)C. The third-order valence-corrected chi connectivity index (χ3v) is 3.94. The number of hydrogen-bond acceptors (Lipinski definition) is 4. The number of pyridine rings is 1. The van der Waals surface area contributed by atoms with E-state index in [1.807, 2.05) is 24.4 Å². The molecule has 114 valence electrons. The van der Waals surface area contributed by atoms with Crippen molar-refractivity contribution in [1.82, 2.24) is 24.9 Å². The molecule has 5 nitrogen and oxygen atoms in total. The molecule has 5 heteroatoms. The Bertz CT molecular complexity index is 780. The summed E-state index contributed by atoms with van der Waals surface area (Å²) in [6, 6.07) is 10.1. The van der Waals surface area contributed by atoms with Crippen LogP contribution >= 0.6 is 0 Å². The minimum absolute atomic E-state index is 0.102. The number of aromatic nitrogens is 4. The maximum atomic E-state index is 4.47. The molecule has 0 bridgehead atoms. The van der Waals surface area contributed by atoms with Crippen molar-refractivity contribution < 1.29 is 0 Å². The van der Waals surface area contributed by atoms with Crippen LogP contribution in [0.15, 0.2) is 42.7 Å². The highest BCUT2D eigenvalue weighted by atomic mass is 15.4. The first-order valence-electron chi connectivity index (χ1n) is 7.42. The van der Waals surface area contributed by atoms with Crippen molar-refractivity contribution in [2.45, 2.75) is 32.9 Å². The monoisotopic (exact) mass is 295 g/mol. The molecule has 0 saturated heterocycles. The van der Waals surface area contributed by atoms with E-state index in [9.17, 15) is 0 Å². The van der Waals surface area contributed by atoms with Crippen LogP contribution in [0.5, 0.6) is 0 Å². The lowest BCUT2D eigenvalue weighted by Crippen LogP contribution is -2.37. The van der Waals surface area contributed by atoms with E-state index in [1.165, 1.54) is 0 Å². The van der Waals surface area contributed by atoms with Crippen LogP contribution in [0.3, 0.4) is 0 Å². The second-order valence-corrected chi connectivity index (χ2v) is 6.53. The first-order chi connectivity index (χ1) is 10.4. The van der Waals surface area contributed by atoms with Gasteiger partial charge in [0.15, 0.2) is 0 Å². The maximum absolute atomic E-state index is 4.47. The first kappa shape index (κ1) is 14.7. The molecule has 0 amide bonds. The number of hydrogen-bond donors (Lipinski definition) is 0. The zero-order chi connectivity index (χ0) is 15.7. The van der Waals surface area contributed by atoms with Gasteiger partial charge in [0.2, 0.25) is 0 Å². The Morgan fingerprint density at radius 2 is 1.91 bits per heavy atom. The number of nitrogens with zero attached hydrogens (tertiary/aromatic N) is 5. The molecular formula is C17H21N5. The van der Waals surface area contributed by atoms with Crippen molar-refractivity contribution in [1.29, 1.82) is 0 Å². The van der Waals surface area contributed by atoms with Crippen LogP contribution in [0.4, 0.5) is 0 Å². The first-order valence-corrected chi connectivity index (χ1v) is 7.42. The van der Waals surface area contributed by atoms with Crippen molar-refractivity contribution >= 4 is 10.9 Å². The van der Waals surface area contributed by atoms with E-state index < -0.39 is 0 Å². The van der Waals surface area contributed by atoms with E-state index in [1.54, 1.807) is 10.9 Å². The lowest BCUT2D eigenvalue weighted by atomic mass is 10.1. The fraction of sp³-hybridized carbons (Fsp3) is 0.353. The van der Waals surface area contributed by atoms with Gasteiger partial charge in [-0.15, -0.1) is 5.10 Å². The molecule has 3 aromatic rings. The van der Waals surface area contributed by atoms with Crippen LogP contribution in [-0.2, 0) is 6.54 Å². The molecule has 0 spiro atoms. The number of fused-ring (bicyclic) bond motifs is 1. The Morgan fingerprint density at radius 3 is 2.68 bits per heavy atom. The zero-order valence-corrected chi connectivity index (χ0v) is 13.5. The van der Waals surface area contributed by atoms with E-state index in [0.717, 1.165) is 28.8 Å². The molecule has 22 heavy (non-hydrogen) atoms. The minimum Gasteiger partial charge on any atom is -0.296 e. The molecule has 2 aromatic heterocycles. The maximum Gasteiger partial charge on any atom is 0.0971 e. The largest absolute Gasteiger partial charge is 0.296 e. The van der Waals surface area contributed by atoms with Gasteiger partial charge in [0.05, 0.1) is 23.1 Å². The standard InChI is InChI=1S/C17H21N5/c1-17(2,3)21(4)11-14-12-22(20-19-14)15-9-5-7-13-8-6-10-18-16(13)15/h5-10,12H,11H2,1-4H3. The Balaban J connectivity index is 1.93. The molecule has 1 aromatic carbocycles. The van der Waals surface area contributed by atoms with Gasteiger partial charge in [-0.25, -0.2) is 4.68 Å². The molecule has 0 aliphatic carbocycles. The number of benzene rings is 1. The smallest absolute Gasteiger partial charge is 0.0971 e. The van der Waals surface area contributed by atoms with Crippen molar-refractivity contribution in [2.24, 2.45) is 0 Å². The highest BCUT2D eigenvalue weighted by Crippen LogP contribution is 2.20. The van der Waals surface area contributed by atoms with Crippen LogP contribution in [0.1, 0.15) is 26.5 Å². The van der Waals surface area contributed by atoms with Gasteiger partial charge in [-0.3, -0.25) is 9.88 Å². The molecule has 0 atom stereocenters. The van der Waals surface area contributed by atoms with Gasteiger partial charge in [-0.2, -0.15) is 0 Å². The second kappa shape index (κ2) is 5.50. The van der Waals surface area contributed by atoms with Gasteiger partial charge >= 0.3 is 0 Å². The molecule has 0 radical (unpaired) electrons. The molecular weight excluding hydrogens is 274 g/mol. The molecule has 2 heterocycles. The van der Waals surface area contributed by atoms with E-state index >= 15 is 0 Å². The molecule has 0 aliphatic rings. The van der Waals surface area contributed by atoms with Crippen molar-refractivity contribution in [2.75, 3.05) is 7.05 Å². The van der Waals surface area contributed by atoms with Crippen LogP contribution in [0.2, 0.25) is 0 Å². The molecule has 0 aliphatic heterocycles. The lowest BCUT2D eigenvalue weighted by Gasteiger charge is -2.30. The third-order valence-electron chi connectivity index (χ3n) is 3.94. The third kappa shape index (κ3) is 2.85. The van der Waals surface area contributed by atoms with Crippen LogP contribution < -0.4 is 0 Å². The zero-order valence-electron chi connectivity index (χ0n) is 13.5. The summed E-state index contributed by atoms with van der Waals surface area (Å²) >= 11 is 0. The molecule has 0 unspecified atom stereocenters. The summed E-state index contributed by atoms with van der Waals surface area (Å²) in [5.41, 5.74) is 2.94. The summed E-state index contributed by atoms with van der Waals surface area (Å²) < 4.78 is 1.81. The summed E-state index contributed by atoms with van der Waals surface area (Å²) in [7, 11) is 2.10. The Labute approximate surface area is 130 Å². The number of para-hydroxylation sites is 1. The highest BCUT2D eigenvalue weighted by molar-refractivity contribution is 5.85. The molecule has 0 fully saturated rings. The summed E-state index contributed by atoms with van der Waals surface area (Å²) in [6.07, 6.45) is 3.78. The van der Waals surface area contributed by atoms with Gasteiger partial charge in [0, 0.05) is 23.7 Å². The normalized spacial score (nSPS) is 12.2. The van der Waals surface area contributed by atoms with Crippen LogP contribution in [0.25, 0.3) is 16.6 Å². The topological polar surface area (TPSA) is 46.8 Å². The quantitative estimate of drug-likeness (QED) is 0.745. The molecule has 0 saturated carbocycles. The number of rotatable bonds is 3. The van der Waals surface area contributed by atoms with Gasteiger partial charge in [-0.05, 0) is 40.0 Å². The minimum atomic E-state index is 0.102. The van der Waals surface area contributed by atoms with Gasteiger partial charge in [0.1, 0.15) is 0 Å². The van der Waals surface area contributed by atoms with Crippen LogP contribution in [0, 0.1) is 0 Å². The second-order valence-electron chi connectivity index (χ2n) is 6.53. The van der Waals surface area contributed by atoms with Gasteiger partial charge in [-0.1, -0.05) is 23.4 Å². The Kier molecular flexibility index (Phi) is 3.66. The fourth-order valence-electron chi connectivity index (χ4n) is 2.24. The summed E-state index contributed by atoms with van der Waals surface area (Å²) in [5.74, 6) is 0. The van der Waals surface area contributed by atoms with Crippen LogP contribution in [-0.4, -0.2) is 37.5 Å². The highest BCUT2D eigenvalue weighted by Gasteiger charge is 2.18. The predicted molar refractivity (Wildman–Crippen MR) is 87.9 cm³/mol. The average molecular weight is 295 g/mol. The Hall–Kier alpha value is -2.27. The fourth-order valence-corrected chi connectivity index (χ4v) is 2.24. The van der Waals surface area contributed by atoms with Gasteiger partial charge < -0.3 is 0 Å². The predicted octanol–water partition coefficient (Wildman–Crippen LogP) is 3.05. The Morgan fingerprint density at radius 1 is 1.14 bits per heavy atom. The van der Waals surface area contributed by atoms with Crippen molar-refractivity contribution in [3.05, 3.63) is 48.4 Å². The van der Waals surface area contributed by atoms with Crippen molar-refractivity contribution in [3.63, 3.8) is 0 Å². The van der Waals surface area contributed by atoms with E-state index in [-0.39, 0.29) is 5.54 Å². The summed E-state index contributed by atoms with van der Waals surface area (Å²) in [4.78, 5) is 6.72. The molecule has 3 rings (SSSR count).